The highest BCUT2D eigenvalue weighted by molar-refractivity contribution is 14.1. The number of ether oxygens (including phenoxy) is 1. The maximum absolute atomic E-state index is 12.6. The van der Waals surface area contributed by atoms with Crippen molar-refractivity contribution in [2.24, 2.45) is 0 Å². The predicted octanol–water partition coefficient (Wildman–Crippen LogP) is 4.02. The van der Waals surface area contributed by atoms with Crippen LogP contribution >= 0.6 is 22.6 Å². The summed E-state index contributed by atoms with van der Waals surface area (Å²) in [5.74, 6) is 0.0285. The Labute approximate surface area is 160 Å². The molecule has 0 aliphatic heterocycles. The lowest BCUT2D eigenvalue weighted by Gasteiger charge is -2.26. The van der Waals surface area contributed by atoms with Crippen LogP contribution in [0.2, 0.25) is 25.7 Å². The lowest BCUT2D eigenvalue weighted by Crippen LogP contribution is -2.36. The predicted molar refractivity (Wildman–Crippen MR) is 109 cm³/mol. The highest BCUT2D eigenvalue weighted by Crippen LogP contribution is 2.27. The molecule has 0 fully saturated rings. The fourth-order valence-electron chi connectivity index (χ4n) is 2.02. The Morgan fingerprint density at radius 2 is 2.00 bits per heavy atom. The summed E-state index contributed by atoms with van der Waals surface area (Å²) in [6.07, 6.45) is 0.513. The van der Waals surface area contributed by atoms with Gasteiger partial charge in [-0.3, -0.25) is 0 Å². The zero-order chi connectivity index (χ0) is 18.4. The van der Waals surface area contributed by atoms with Gasteiger partial charge < -0.3 is 4.74 Å². The van der Waals surface area contributed by atoms with Gasteiger partial charge in [0.1, 0.15) is 12.8 Å². The molecule has 5 nitrogen and oxygen atoms in total. The van der Waals surface area contributed by atoms with E-state index in [9.17, 15) is 13.7 Å². The second kappa shape index (κ2) is 9.17. The van der Waals surface area contributed by atoms with Crippen LogP contribution in [0.1, 0.15) is 18.9 Å². The largest absolute Gasteiger partial charge is 0.360 e. The SMILES string of the molecule is CCCS(=O)(=O)N(COCC[Si](C)(C)C)c1cccc(I)c1C#N. The van der Waals surface area contributed by atoms with Gasteiger partial charge in [0, 0.05) is 18.3 Å². The molecule has 0 bridgehead atoms. The molecule has 0 aliphatic rings. The third-order valence-corrected chi connectivity index (χ3v) is 7.88. The Hall–Kier alpha value is -0.633. The molecule has 0 spiro atoms. The van der Waals surface area contributed by atoms with Crippen LogP contribution in [0, 0.1) is 14.9 Å². The van der Waals surface area contributed by atoms with Crippen LogP contribution in [0.5, 0.6) is 0 Å². The molecule has 1 rings (SSSR count). The second-order valence-electron chi connectivity index (χ2n) is 6.76. The molecule has 1 aromatic rings. The van der Waals surface area contributed by atoms with Crippen molar-refractivity contribution in [1.82, 2.24) is 0 Å². The van der Waals surface area contributed by atoms with Crippen LogP contribution in [-0.2, 0) is 14.8 Å². The molecule has 0 amide bonds. The van der Waals surface area contributed by atoms with E-state index < -0.39 is 18.1 Å². The maximum atomic E-state index is 12.6. The number of hydrogen-bond donors (Lipinski definition) is 0. The maximum Gasteiger partial charge on any atom is 0.237 e. The van der Waals surface area contributed by atoms with E-state index in [2.05, 4.69) is 25.7 Å². The number of sulfonamides is 1. The molecular weight excluding hydrogens is 455 g/mol. The summed E-state index contributed by atoms with van der Waals surface area (Å²) in [4.78, 5) is 0. The molecule has 0 aliphatic carbocycles. The summed E-state index contributed by atoms with van der Waals surface area (Å²) in [6, 6.07) is 8.29. The summed E-state index contributed by atoms with van der Waals surface area (Å²) in [7, 11) is -4.77. The third-order valence-electron chi connectivity index (χ3n) is 3.37. The topological polar surface area (TPSA) is 70.4 Å². The molecule has 24 heavy (non-hydrogen) atoms. The van der Waals surface area contributed by atoms with Gasteiger partial charge in [-0.1, -0.05) is 32.6 Å². The molecular formula is C16H25IN2O3SSi. The van der Waals surface area contributed by atoms with E-state index >= 15 is 0 Å². The lowest BCUT2D eigenvalue weighted by atomic mass is 10.2. The van der Waals surface area contributed by atoms with Crippen molar-refractivity contribution in [2.45, 2.75) is 39.0 Å². The summed E-state index contributed by atoms with van der Waals surface area (Å²) in [6.45, 7) is 9.03. The van der Waals surface area contributed by atoms with Crippen LogP contribution in [0.15, 0.2) is 18.2 Å². The second-order valence-corrected chi connectivity index (χ2v) is 15.6. The van der Waals surface area contributed by atoms with E-state index in [0.29, 0.717) is 24.3 Å². The fourth-order valence-corrected chi connectivity index (χ4v) is 4.81. The Balaban J connectivity index is 3.08. The molecule has 0 saturated carbocycles. The molecule has 8 heteroatoms. The third kappa shape index (κ3) is 6.35. The molecule has 0 heterocycles. The van der Waals surface area contributed by atoms with E-state index in [0.717, 1.165) is 9.61 Å². The smallest absolute Gasteiger partial charge is 0.237 e. The van der Waals surface area contributed by atoms with Crippen molar-refractivity contribution in [1.29, 1.82) is 5.26 Å². The lowest BCUT2D eigenvalue weighted by molar-refractivity contribution is 0.156. The van der Waals surface area contributed by atoms with Crippen LogP contribution in [0.4, 0.5) is 5.69 Å². The zero-order valence-electron chi connectivity index (χ0n) is 14.7. The molecule has 0 radical (unpaired) electrons. The molecule has 0 unspecified atom stereocenters. The van der Waals surface area contributed by atoms with Crippen molar-refractivity contribution < 1.29 is 13.2 Å². The summed E-state index contributed by atoms with van der Waals surface area (Å²) in [5.41, 5.74) is 0.762. The van der Waals surface area contributed by atoms with E-state index in [1.807, 2.05) is 29.5 Å². The van der Waals surface area contributed by atoms with E-state index in [4.69, 9.17) is 4.74 Å². The van der Waals surface area contributed by atoms with Gasteiger partial charge >= 0.3 is 0 Å². The minimum atomic E-state index is -3.53. The highest BCUT2D eigenvalue weighted by atomic mass is 127. The minimum absolute atomic E-state index is 0.0285. The first-order chi connectivity index (χ1) is 11.1. The first-order valence-corrected chi connectivity index (χ1v) is 14.3. The highest BCUT2D eigenvalue weighted by Gasteiger charge is 2.25. The number of nitrogens with zero attached hydrogens (tertiary/aromatic N) is 2. The molecule has 0 atom stereocenters. The van der Waals surface area contributed by atoms with E-state index in [1.165, 1.54) is 4.31 Å². The number of rotatable bonds is 9. The van der Waals surface area contributed by atoms with Gasteiger partial charge in [0.25, 0.3) is 0 Å². The monoisotopic (exact) mass is 480 g/mol. The molecule has 0 N–H and O–H groups in total. The van der Waals surface area contributed by atoms with Gasteiger partial charge in [0.15, 0.2) is 0 Å². The Morgan fingerprint density at radius 1 is 1.33 bits per heavy atom. The van der Waals surface area contributed by atoms with Gasteiger partial charge in [-0.2, -0.15) is 5.26 Å². The van der Waals surface area contributed by atoms with Crippen molar-refractivity contribution in [3.63, 3.8) is 0 Å². The van der Waals surface area contributed by atoms with Gasteiger partial charge in [-0.05, 0) is 47.2 Å². The number of nitriles is 1. The molecule has 0 saturated heterocycles. The Kier molecular flexibility index (Phi) is 8.18. The van der Waals surface area contributed by atoms with Gasteiger partial charge in [0.2, 0.25) is 10.0 Å². The number of anilines is 1. The standard InChI is InChI=1S/C16H25IN2O3SSi/c1-5-10-23(20,21)19(13-22-9-11-24(2,3)4)16-8-6-7-15(17)14(16)12-18/h6-8H,5,9-11,13H2,1-4H3. The van der Waals surface area contributed by atoms with Crippen molar-refractivity contribution in [3.8, 4) is 6.07 Å². The number of halogens is 1. The average Bonchev–Trinajstić information content (AvgIpc) is 2.45. The Morgan fingerprint density at radius 3 is 2.54 bits per heavy atom. The molecule has 1 aromatic carbocycles. The van der Waals surface area contributed by atoms with Crippen molar-refractivity contribution in [2.75, 3.05) is 23.4 Å². The molecule has 134 valence electrons. The van der Waals surface area contributed by atoms with Crippen molar-refractivity contribution >= 4 is 46.4 Å². The van der Waals surface area contributed by atoms with Crippen molar-refractivity contribution in [3.05, 3.63) is 27.3 Å². The average molecular weight is 480 g/mol. The van der Waals surface area contributed by atoms with Gasteiger partial charge in [-0.25, -0.2) is 12.7 Å². The normalized spacial score (nSPS) is 12.0. The summed E-state index contributed by atoms with van der Waals surface area (Å²) in [5, 5.41) is 9.41. The number of benzene rings is 1. The van der Waals surface area contributed by atoms with Crippen LogP contribution in [0.25, 0.3) is 0 Å². The molecule has 0 aromatic heterocycles. The van der Waals surface area contributed by atoms with E-state index in [1.54, 1.807) is 18.2 Å². The first-order valence-electron chi connectivity index (χ1n) is 7.89. The first kappa shape index (κ1) is 21.4. The van der Waals surface area contributed by atoms with Crippen LogP contribution < -0.4 is 4.31 Å². The number of hydrogen-bond acceptors (Lipinski definition) is 4. The zero-order valence-corrected chi connectivity index (χ0v) is 18.6. The van der Waals surface area contributed by atoms with Gasteiger partial charge in [-0.15, -0.1) is 0 Å². The fraction of sp³-hybridized carbons (Fsp3) is 0.562. The Bertz CT molecular complexity index is 696. The van der Waals surface area contributed by atoms with E-state index in [-0.39, 0.29) is 12.5 Å². The minimum Gasteiger partial charge on any atom is -0.360 e. The van der Waals surface area contributed by atoms with Crippen LogP contribution in [-0.4, -0.2) is 35.6 Å². The summed E-state index contributed by atoms with van der Waals surface area (Å²) < 4.78 is 32.9. The summed E-state index contributed by atoms with van der Waals surface area (Å²) >= 11 is 2.05. The quantitative estimate of drug-likeness (QED) is 0.232. The van der Waals surface area contributed by atoms with Crippen LogP contribution in [0.3, 0.4) is 0 Å². The van der Waals surface area contributed by atoms with Gasteiger partial charge in [0.05, 0.1) is 17.0 Å².